The van der Waals surface area contributed by atoms with Crippen LogP contribution in [0.4, 0.5) is 0 Å². The van der Waals surface area contributed by atoms with Crippen LogP contribution in [0.25, 0.3) is 0 Å². The minimum atomic E-state index is 1.09. The molecule has 0 radical (unpaired) electrons. The molecule has 1 heterocycles. The third kappa shape index (κ3) is 2.48. The lowest BCUT2D eigenvalue weighted by Gasteiger charge is -2.05. The largest absolute Gasteiger partial charge is 0.385 e. The van der Waals surface area contributed by atoms with Gasteiger partial charge in [-0.1, -0.05) is 30.7 Å². The molecule has 72 valence electrons. The van der Waals surface area contributed by atoms with E-state index in [0.29, 0.717) is 0 Å². The molecular weight excluding hydrogens is 158 g/mol. The molecule has 0 aromatic rings. The van der Waals surface area contributed by atoms with Crippen molar-refractivity contribution in [2.75, 3.05) is 6.54 Å². The Labute approximate surface area is 81.2 Å². The summed E-state index contributed by atoms with van der Waals surface area (Å²) in [6.45, 7) is 7.55. The normalized spacial score (nSPS) is 24.1. The van der Waals surface area contributed by atoms with Gasteiger partial charge in [0, 0.05) is 12.2 Å². The van der Waals surface area contributed by atoms with E-state index in [1.807, 2.05) is 0 Å². The van der Waals surface area contributed by atoms with Crippen LogP contribution in [0.2, 0.25) is 0 Å². The molecule has 1 aliphatic heterocycles. The van der Waals surface area contributed by atoms with Gasteiger partial charge in [-0.05, 0) is 32.3 Å². The van der Waals surface area contributed by atoms with Crippen LogP contribution in [0.5, 0.6) is 0 Å². The fourth-order valence-electron chi connectivity index (χ4n) is 1.54. The van der Waals surface area contributed by atoms with Crippen LogP contribution >= 0.6 is 0 Å². The van der Waals surface area contributed by atoms with Crippen LogP contribution in [-0.4, -0.2) is 6.54 Å². The zero-order valence-electron chi connectivity index (χ0n) is 8.85. The Bertz CT molecular complexity index is 256. The molecule has 1 heteroatoms. The van der Waals surface area contributed by atoms with Gasteiger partial charge in [0.25, 0.3) is 0 Å². The summed E-state index contributed by atoms with van der Waals surface area (Å²) in [6.07, 6.45) is 8.70. The van der Waals surface area contributed by atoms with Crippen molar-refractivity contribution in [3.63, 3.8) is 0 Å². The van der Waals surface area contributed by atoms with Crippen LogP contribution < -0.4 is 5.32 Å². The summed E-state index contributed by atoms with van der Waals surface area (Å²) in [5.74, 6) is 0. The lowest BCUT2D eigenvalue weighted by molar-refractivity contribution is 0.893. The molecule has 0 atom stereocenters. The second-order valence-corrected chi connectivity index (χ2v) is 3.40. The van der Waals surface area contributed by atoms with Gasteiger partial charge in [-0.2, -0.15) is 0 Å². The highest BCUT2D eigenvalue weighted by Gasteiger charge is 2.13. The van der Waals surface area contributed by atoms with E-state index < -0.39 is 0 Å². The number of nitrogens with one attached hydrogen (secondary N) is 1. The van der Waals surface area contributed by atoms with Gasteiger partial charge in [-0.3, -0.25) is 0 Å². The summed E-state index contributed by atoms with van der Waals surface area (Å²) in [5.41, 5.74) is 4.30. The highest BCUT2D eigenvalue weighted by Crippen LogP contribution is 2.22. The maximum Gasteiger partial charge on any atom is 0.0362 e. The van der Waals surface area contributed by atoms with E-state index in [2.05, 4.69) is 44.3 Å². The molecule has 1 N–H and O–H groups in total. The van der Waals surface area contributed by atoms with Crippen molar-refractivity contribution in [2.45, 2.75) is 33.6 Å². The molecule has 1 rings (SSSR count). The van der Waals surface area contributed by atoms with Crippen LogP contribution in [0, 0.1) is 0 Å². The number of allylic oxidation sites excluding steroid dienone is 5. The van der Waals surface area contributed by atoms with Gasteiger partial charge in [0.2, 0.25) is 0 Å². The van der Waals surface area contributed by atoms with E-state index >= 15 is 0 Å². The number of hydrogen-bond donors (Lipinski definition) is 1. The number of hydrogen-bond acceptors (Lipinski definition) is 1. The Morgan fingerprint density at radius 3 is 2.92 bits per heavy atom. The second-order valence-electron chi connectivity index (χ2n) is 3.40. The zero-order valence-corrected chi connectivity index (χ0v) is 8.85. The van der Waals surface area contributed by atoms with E-state index in [9.17, 15) is 0 Å². The summed E-state index contributed by atoms with van der Waals surface area (Å²) >= 11 is 0. The van der Waals surface area contributed by atoms with Crippen molar-refractivity contribution in [1.29, 1.82) is 0 Å². The molecule has 0 spiro atoms. The molecule has 1 nitrogen and oxygen atoms in total. The van der Waals surface area contributed by atoms with E-state index in [1.54, 1.807) is 0 Å². The lowest BCUT2D eigenvalue weighted by Crippen LogP contribution is -2.06. The first kappa shape index (κ1) is 10.1. The number of rotatable bonds is 2. The molecular formula is C12H19N. The Morgan fingerprint density at radius 2 is 2.31 bits per heavy atom. The molecule has 0 saturated carbocycles. The average Bonchev–Trinajstić information content (AvgIpc) is 2.61. The van der Waals surface area contributed by atoms with Crippen molar-refractivity contribution < 1.29 is 0 Å². The van der Waals surface area contributed by atoms with Crippen LogP contribution in [0.3, 0.4) is 0 Å². The predicted octanol–water partition coefficient (Wildman–Crippen LogP) is 3.17. The Balaban J connectivity index is 2.86. The standard InChI is InChI=1S/C12H19N/c1-4-6-7-11-8-9-13-12(11)10(3)5-2/h4,6-7,13H,5,8-9H2,1-3H3/b6-4-,11-7-,12-10-. The Kier molecular flexibility index (Phi) is 3.81. The first-order chi connectivity index (χ1) is 6.29. The zero-order chi connectivity index (χ0) is 9.68. The first-order valence-electron chi connectivity index (χ1n) is 5.05. The van der Waals surface area contributed by atoms with Crippen molar-refractivity contribution >= 4 is 0 Å². The summed E-state index contributed by atoms with van der Waals surface area (Å²) in [7, 11) is 0. The second kappa shape index (κ2) is 4.90. The predicted molar refractivity (Wildman–Crippen MR) is 58.5 cm³/mol. The lowest BCUT2D eigenvalue weighted by atomic mass is 10.1. The summed E-state index contributed by atoms with van der Waals surface area (Å²) in [5, 5.41) is 3.44. The van der Waals surface area contributed by atoms with E-state index in [4.69, 9.17) is 0 Å². The molecule has 0 bridgehead atoms. The minimum absolute atomic E-state index is 1.09. The van der Waals surface area contributed by atoms with E-state index in [-0.39, 0.29) is 0 Å². The third-order valence-corrected chi connectivity index (χ3v) is 2.46. The highest BCUT2D eigenvalue weighted by atomic mass is 14.9. The summed E-state index contributed by atoms with van der Waals surface area (Å²) in [6, 6.07) is 0. The molecule has 0 aliphatic carbocycles. The van der Waals surface area contributed by atoms with Crippen LogP contribution in [0.15, 0.2) is 35.1 Å². The Hall–Kier alpha value is -0.980. The molecule has 13 heavy (non-hydrogen) atoms. The first-order valence-corrected chi connectivity index (χ1v) is 5.05. The van der Waals surface area contributed by atoms with Gasteiger partial charge >= 0.3 is 0 Å². The fraction of sp³-hybridized carbons (Fsp3) is 0.500. The van der Waals surface area contributed by atoms with Crippen molar-refractivity contribution in [3.8, 4) is 0 Å². The Morgan fingerprint density at radius 1 is 1.54 bits per heavy atom. The molecule has 0 aromatic carbocycles. The van der Waals surface area contributed by atoms with Crippen molar-refractivity contribution in [1.82, 2.24) is 5.32 Å². The van der Waals surface area contributed by atoms with Crippen LogP contribution in [0.1, 0.15) is 33.6 Å². The van der Waals surface area contributed by atoms with Crippen molar-refractivity contribution in [3.05, 3.63) is 35.1 Å². The topological polar surface area (TPSA) is 12.0 Å². The van der Waals surface area contributed by atoms with Gasteiger partial charge in [-0.25, -0.2) is 0 Å². The molecule has 0 unspecified atom stereocenters. The summed E-state index contributed by atoms with van der Waals surface area (Å²) in [4.78, 5) is 0. The third-order valence-electron chi connectivity index (χ3n) is 2.46. The molecule has 0 aromatic heterocycles. The average molecular weight is 177 g/mol. The molecule has 0 amide bonds. The van der Waals surface area contributed by atoms with Crippen molar-refractivity contribution in [2.24, 2.45) is 0 Å². The minimum Gasteiger partial charge on any atom is -0.385 e. The monoisotopic (exact) mass is 177 g/mol. The van der Waals surface area contributed by atoms with E-state index in [1.165, 1.54) is 16.8 Å². The van der Waals surface area contributed by atoms with E-state index in [0.717, 1.165) is 19.4 Å². The van der Waals surface area contributed by atoms with Crippen LogP contribution in [-0.2, 0) is 0 Å². The molecule has 1 aliphatic rings. The molecule has 1 saturated heterocycles. The highest BCUT2D eigenvalue weighted by molar-refractivity contribution is 5.39. The quantitative estimate of drug-likeness (QED) is 0.683. The molecule has 1 fully saturated rings. The van der Waals surface area contributed by atoms with Gasteiger partial charge in [0.15, 0.2) is 0 Å². The SMILES string of the molecule is C\C=C/C=C1/CCN/C1=C(/C)CC. The maximum atomic E-state index is 3.44. The van der Waals surface area contributed by atoms with Gasteiger partial charge in [-0.15, -0.1) is 0 Å². The van der Waals surface area contributed by atoms with Gasteiger partial charge in [0.05, 0.1) is 0 Å². The summed E-state index contributed by atoms with van der Waals surface area (Å²) < 4.78 is 0. The fourth-order valence-corrected chi connectivity index (χ4v) is 1.54. The smallest absolute Gasteiger partial charge is 0.0362 e. The maximum absolute atomic E-state index is 3.44. The van der Waals surface area contributed by atoms with Gasteiger partial charge in [0.1, 0.15) is 0 Å². The van der Waals surface area contributed by atoms with Gasteiger partial charge < -0.3 is 5.32 Å².